The van der Waals surface area contributed by atoms with Crippen LogP contribution in [0.1, 0.15) is 32.1 Å². The average molecular weight is 198 g/mol. The van der Waals surface area contributed by atoms with Crippen molar-refractivity contribution in [3.63, 3.8) is 0 Å². The standard InChI is InChI=1S/C11H18O3/c12-6-4-9-2-1-3-10-5-7-14-11(9,10)8-13/h8-10,12H,1-7H2. The van der Waals surface area contributed by atoms with Crippen LogP contribution in [0, 0.1) is 11.8 Å². The Kier molecular flexibility index (Phi) is 2.88. The average Bonchev–Trinajstić information content (AvgIpc) is 2.63. The second kappa shape index (κ2) is 3.99. The lowest BCUT2D eigenvalue weighted by molar-refractivity contribution is -0.142. The Morgan fingerprint density at radius 2 is 2.29 bits per heavy atom. The van der Waals surface area contributed by atoms with Crippen LogP contribution in [-0.4, -0.2) is 30.2 Å². The fourth-order valence-electron chi connectivity index (χ4n) is 3.13. The van der Waals surface area contributed by atoms with Crippen molar-refractivity contribution in [2.45, 2.75) is 37.7 Å². The van der Waals surface area contributed by atoms with E-state index in [0.29, 0.717) is 18.9 Å². The molecule has 0 spiro atoms. The van der Waals surface area contributed by atoms with Gasteiger partial charge in [0.15, 0.2) is 6.29 Å². The molecule has 3 heteroatoms. The van der Waals surface area contributed by atoms with Crippen molar-refractivity contribution in [3.05, 3.63) is 0 Å². The normalized spacial score (nSPS) is 42.1. The number of ether oxygens (including phenoxy) is 1. The molecule has 3 atom stereocenters. The first-order chi connectivity index (χ1) is 6.83. The number of hydrogen-bond acceptors (Lipinski definition) is 3. The molecule has 80 valence electrons. The van der Waals surface area contributed by atoms with Gasteiger partial charge in [-0.25, -0.2) is 0 Å². The van der Waals surface area contributed by atoms with Crippen molar-refractivity contribution < 1.29 is 14.6 Å². The minimum atomic E-state index is -0.541. The van der Waals surface area contributed by atoms with Crippen LogP contribution < -0.4 is 0 Å². The van der Waals surface area contributed by atoms with Crippen LogP contribution >= 0.6 is 0 Å². The van der Waals surface area contributed by atoms with Crippen LogP contribution in [0.2, 0.25) is 0 Å². The minimum absolute atomic E-state index is 0.163. The molecule has 2 aliphatic rings. The van der Waals surface area contributed by atoms with E-state index in [4.69, 9.17) is 9.84 Å². The molecule has 2 fully saturated rings. The first kappa shape index (κ1) is 10.1. The van der Waals surface area contributed by atoms with Crippen molar-refractivity contribution in [2.75, 3.05) is 13.2 Å². The van der Waals surface area contributed by atoms with Crippen LogP contribution in [0.25, 0.3) is 0 Å². The maximum absolute atomic E-state index is 11.2. The molecule has 1 saturated heterocycles. The summed E-state index contributed by atoms with van der Waals surface area (Å²) >= 11 is 0. The van der Waals surface area contributed by atoms with E-state index in [-0.39, 0.29) is 12.5 Å². The lowest BCUT2D eigenvalue weighted by atomic mass is 9.68. The maximum atomic E-state index is 11.2. The Balaban J connectivity index is 2.18. The highest BCUT2D eigenvalue weighted by Crippen LogP contribution is 2.46. The van der Waals surface area contributed by atoms with Crippen LogP contribution in [0.5, 0.6) is 0 Å². The van der Waals surface area contributed by atoms with E-state index in [0.717, 1.165) is 25.5 Å². The van der Waals surface area contributed by atoms with E-state index in [9.17, 15) is 4.79 Å². The van der Waals surface area contributed by atoms with Gasteiger partial charge in [-0.1, -0.05) is 6.42 Å². The zero-order chi connectivity index (χ0) is 10.0. The third kappa shape index (κ3) is 1.39. The van der Waals surface area contributed by atoms with Gasteiger partial charge in [-0.2, -0.15) is 0 Å². The summed E-state index contributed by atoms with van der Waals surface area (Å²) in [6.07, 6.45) is 6.03. The zero-order valence-corrected chi connectivity index (χ0v) is 8.45. The third-order valence-electron chi connectivity index (χ3n) is 3.86. The summed E-state index contributed by atoms with van der Waals surface area (Å²) in [6, 6.07) is 0. The summed E-state index contributed by atoms with van der Waals surface area (Å²) in [7, 11) is 0. The van der Waals surface area contributed by atoms with Gasteiger partial charge in [0.1, 0.15) is 5.60 Å². The fourth-order valence-corrected chi connectivity index (χ4v) is 3.13. The van der Waals surface area contributed by atoms with Gasteiger partial charge >= 0.3 is 0 Å². The molecule has 1 aliphatic heterocycles. The van der Waals surface area contributed by atoms with Crippen molar-refractivity contribution in [1.82, 2.24) is 0 Å². The number of rotatable bonds is 3. The van der Waals surface area contributed by atoms with Gasteiger partial charge in [0.2, 0.25) is 0 Å². The van der Waals surface area contributed by atoms with Gasteiger partial charge in [0, 0.05) is 13.2 Å². The van der Waals surface area contributed by atoms with E-state index >= 15 is 0 Å². The number of aliphatic hydroxyl groups excluding tert-OH is 1. The quantitative estimate of drug-likeness (QED) is 0.692. The molecule has 0 bridgehead atoms. The van der Waals surface area contributed by atoms with E-state index < -0.39 is 5.60 Å². The Labute approximate surface area is 84.4 Å². The Bertz CT molecular complexity index is 215. The van der Waals surface area contributed by atoms with Crippen LogP contribution in [0.3, 0.4) is 0 Å². The summed E-state index contributed by atoms with van der Waals surface area (Å²) < 4.78 is 5.68. The van der Waals surface area contributed by atoms with E-state index in [1.807, 2.05) is 0 Å². The summed E-state index contributed by atoms with van der Waals surface area (Å²) in [5, 5.41) is 8.98. The molecular formula is C11H18O3. The molecule has 3 unspecified atom stereocenters. The Morgan fingerprint density at radius 1 is 1.43 bits per heavy atom. The number of hydrogen-bond donors (Lipinski definition) is 1. The minimum Gasteiger partial charge on any atom is -0.396 e. The number of aldehydes is 1. The van der Waals surface area contributed by atoms with E-state index in [1.165, 1.54) is 6.42 Å². The highest BCUT2D eigenvalue weighted by Gasteiger charge is 2.51. The predicted octanol–water partition coefficient (Wildman–Crippen LogP) is 1.14. The third-order valence-corrected chi connectivity index (χ3v) is 3.86. The van der Waals surface area contributed by atoms with Crippen molar-refractivity contribution in [2.24, 2.45) is 11.8 Å². The zero-order valence-electron chi connectivity index (χ0n) is 8.45. The SMILES string of the molecule is O=CC12OCCC1CCCC2CCO. The molecular weight excluding hydrogens is 180 g/mol. The maximum Gasteiger partial charge on any atom is 0.152 e. The van der Waals surface area contributed by atoms with Crippen molar-refractivity contribution >= 4 is 6.29 Å². The molecule has 2 rings (SSSR count). The molecule has 0 aromatic carbocycles. The number of fused-ring (bicyclic) bond motifs is 1. The lowest BCUT2D eigenvalue weighted by Crippen LogP contribution is -2.47. The summed E-state index contributed by atoms with van der Waals surface area (Å²) in [6.45, 7) is 0.877. The number of carbonyl (C=O) groups excluding carboxylic acids is 1. The predicted molar refractivity (Wildman–Crippen MR) is 51.9 cm³/mol. The topological polar surface area (TPSA) is 46.5 Å². The monoisotopic (exact) mass is 198 g/mol. The van der Waals surface area contributed by atoms with Gasteiger partial charge in [0.25, 0.3) is 0 Å². The summed E-state index contributed by atoms with van der Waals surface area (Å²) in [5.41, 5.74) is -0.541. The van der Waals surface area contributed by atoms with E-state index in [2.05, 4.69) is 0 Å². The second-order valence-electron chi connectivity index (χ2n) is 4.45. The van der Waals surface area contributed by atoms with Crippen LogP contribution in [-0.2, 0) is 9.53 Å². The van der Waals surface area contributed by atoms with Crippen LogP contribution in [0.15, 0.2) is 0 Å². The fraction of sp³-hybridized carbons (Fsp3) is 0.909. The molecule has 1 aliphatic carbocycles. The molecule has 0 amide bonds. The Morgan fingerprint density at radius 3 is 3.00 bits per heavy atom. The van der Waals surface area contributed by atoms with Gasteiger partial charge in [-0.3, -0.25) is 0 Å². The molecule has 1 N–H and O–H groups in total. The molecule has 1 saturated carbocycles. The van der Waals surface area contributed by atoms with E-state index in [1.54, 1.807) is 0 Å². The van der Waals surface area contributed by atoms with Crippen LogP contribution in [0.4, 0.5) is 0 Å². The molecule has 1 heterocycles. The van der Waals surface area contributed by atoms with Gasteiger partial charge in [-0.05, 0) is 37.5 Å². The summed E-state index contributed by atoms with van der Waals surface area (Å²) in [5.74, 6) is 0.650. The smallest absolute Gasteiger partial charge is 0.152 e. The molecule has 0 aromatic rings. The number of carbonyl (C=O) groups is 1. The second-order valence-corrected chi connectivity index (χ2v) is 4.45. The van der Waals surface area contributed by atoms with Crippen molar-refractivity contribution in [1.29, 1.82) is 0 Å². The molecule has 0 aromatic heterocycles. The Hall–Kier alpha value is -0.410. The first-order valence-corrected chi connectivity index (χ1v) is 5.54. The molecule has 3 nitrogen and oxygen atoms in total. The largest absolute Gasteiger partial charge is 0.396 e. The van der Waals surface area contributed by atoms with Gasteiger partial charge in [0.05, 0.1) is 0 Å². The first-order valence-electron chi connectivity index (χ1n) is 5.54. The van der Waals surface area contributed by atoms with Crippen molar-refractivity contribution in [3.8, 4) is 0 Å². The van der Waals surface area contributed by atoms with Gasteiger partial charge in [-0.15, -0.1) is 0 Å². The highest BCUT2D eigenvalue weighted by molar-refractivity contribution is 5.65. The van der Waals surface area contributed by atoms with Gasteiger partial charge < -0.3 is 14.6 Å². The summed E-state index contributed by atoms with van der Waals surface area (Å²) in [4.78, 5) is 11.2. The lowest BCUT2D eigenvalue weighted by Gasteiger charge is -2.40. The highest BCUT2D eigenvalue weighted by atomic mass is 16.5. The molecule has 14 heavy (non-hydrogen) atoms. The molecule has 0 radical (unpaired) electrons. The number of aliphatic hydroxyl groups is 1.